The van der Waals surface area contributed by atoms with Crippen LogP contribution in [0.5, 0.6) is 0 Å². The van der Waals surface area contributed by atoms with Crippen LogP contribution in [0.2, 0.25) is 5.02 Å². The van der Waals surface area contributed by atoms with E-state index in [1.54, 1.807) is 11.3 Å². The zero-order valence-corrected chi connectivity index (χ0v) is 10.8. The van der Waals surface area contributed by atoms with Gasteiger partial charge in [0.15, 0.2) is 0 Å². The van der Waals surface area contributed by atoms with Crippen molar-refractivity contribution < 1.29 is 4.79 Å². The van der Waals surface area contributed by atoms with Crippen molar-refractivity contribution >= 4 is 39.8 Å². The lowest BCUT2D eigenvalue weighted by Crippen LogP contribution is -2.28. The largest absolute Gasteiger partial charge is 0.280 e. The summed E-state index contributed by atoms with van der Waals surface area (Å²) < 4.78 is 0. The summed E-state index contributed by atoms with van der Waals surface area (Å²) in [4.78, 5) is 12.6. The van der Waals surface area contributed by atoms with Crippen LogP contribution in [0.25, 0.3) is 0 Å². The number of carbonyl (C=O) groups is 1. The summed E-state index contributed by atoms with van der Waals surface area (Å²) in [6.07, 6.45) is 3.81. The monoisotopic (exact) mass is 262 g/mol. The van der Waals surface area contributed by atoms with Crippen LogP contribution < -0.4 is 0 Å². The molecule has 1 fully saturated rings. The first-order valence-corrected chi connectivity index (χ1v) is 6.65. The lowest BCUT2D eigenvalue weighted by atomic mass is 9.86. The Hall–Kier alpha value is -0.0500. The van der Waals surface area contributed by atoms with Gasteiger partial charge in [-0.05, 0) is 42.3 Å². The Kier molecular flexibility index (Phi) is 3.11. The van der Waals surface area contributed by atoms with Gasteiger partial charge in [0.2, 0.25) is 5.24 Å². The Morgan fingerprint density at radius 1 is 1.47 bits per heavy atom. The van der Waals surface area contributed by atoms with Crippen molar-refractivity contribution in [2.75, 3.05) is 0 Å². The number of aryl methyl sites for hydroxylation is 1. The first-order chi connectivity index (χ1) is 7.08. The van der Waals surface area contributed by atoms with Gasteiger partial charge in [0.05, 0.1) is 10.4 Å². The zero-order chi connectivity index (χ0) is 11.1. The van der Waals surface area contributed by atoms with E-state index in [2.05, 4.69) is 0 Å². The average molecular weight is 263 g/mol. The maximum absolute atomic E-state index is 11.6. The molecule has 1 aliphatic rings. The van der Waals surface area contributed by atoms with Crippen molar-refractivity contribution in [2.24, 2.45) is 0 Å². The maximum atomic E-state index is 11.6. The fourth-order valence-electron chi connectivity index (χ4n) is 2.24. The van der Waals surface area contributed by atoms with E-state index in [-0.39, 0.29) is 5.24 Å². The highest BCUT2D eigenvalue weighted by Crippen LogP contribution is 2.48. The molecular weight excluding hydrogens is 251 g/mol. The minimum atomic E-state index is -0.489. The summed E-state index contributed by atoms with van der Waals surface area (Å²) in [6, 6.07) is 0. The van der Waals surface area contributed by atoms with Crippen LogP contribution in [-0.2, 0) is 10.2 Å². The molecule has 0 radical (unpaired) electrons. The zero-order valence-electron chi connectivity index (χ0n) is 8.48. The van der Waals surface area contributed by atoms with E-state index in [4.69, 9.17) is 23.2 Å². The fraction of sp³-hybridized carbons (Fsp3) is 0.545. The Morgan fingerprint density at radius 2 is 2.07 bits per heavy atom. The molecule has 1 nitrogen and oxygen atoms in total. The van der Waals surface area contributed by atoms with Crippen LogP contribution in [0.1, 0.15) is 36.1 Å². The molecule has 4 heteroatoms. The molecule has 1 aliphatic carbocycles. The van der Waals surface area contributed by atoms with Gasteiger partial charge in [0.1, 0.15) is 0 Å². The highest BCUT2D eigenvalue weighted by molar-refractivity contribution is 7.11. The number of hydrogen-bond acceptors (Lipinski definition) is 2. The van der Waals surface area contributed by atoms with E-state index in [0.29, 0.717) is 0 Å². The van der Waals surface area contributed by atoms with Crippen LogP contribution in [0.4, 0.5) is 0 Å². The van der Waals surface area contributed by atoms with Crippen molar-refractivity contribution in [1.29, 1.82) is 0 Å². The maximum Gasteiger partial charge on any atom is 0.233 e. The second-order valence-electron chi connectivity index (χ2n) is 4.12. The van der Waals surface area contributed by atoms with E-state index in [9.17, 15) is 4.79 Å². The normalized spacial score (nSPS) is 19.4. The summed E-state index contributed by atoms with van der Waals surface area (Å²) in [5.74, 6) is 0. The third-order valence-electron chi connectivity index (χ3n) is 3.17. The summed E-state index contributed by atoms with van der Waals surface area (Å²) in [5, 5.41) is 2.48. The van der Waals surface area contributed by atoms with Crippen LogP contribution in [-0.4, -0.2) is 5.24 Å². The SMILES string of the molecule is Cc1csc(C2(C(=O)Cl)CCCC2)c1Cl. The predicted molar refractivity (Wildman–Crippen MR) is 65.1 cm³/mol. The summed E-state index contributed by atoms with van der Waals surface area (Å²) in [6.45, 7) is 1.96. The number of carbonyl (C=O) groups excluding carboxylic acids is 1. The molecule has 0 amide bonds. The van der Waals surface area contributed by atoms with E-state index in [1.165, 1.54) is 0 Å². The Labute approximate surface area is 103 Å². The number of halogens is 2. The smallest absolute Gasteiger partial charge is 0.233 e. The number of hydrogen-bond donors (Lipinski definition) is 0. The molecule has 1 saturated carbocycles. The van der Waals surface area contributed by atoms with Crippen molar-refractivity contribution in [3.05, 3.63) is 20.8 Å². The van der Waals surface area contributed by atoms with Crippen molar-refractivity contribution in [1.82, 2.24) is 0 Å². The Morgan fingerprint density at radius 3 is 2.47 bits per heavy atom. The van der Waals surface area contributed by atoms with Crippen molar-refractivity contribution in [3.63, 3.8) is 0 Å². The van der Waals surface area contributed by atoms with E-state index < -0.39 is 5.41 Å². The molecule has 0 atom stereocenters. The molecule has 0 aliphatic heterocycles. The third kappa shape index (κ3) is 1.73. The summed E-state index contributed by atoms with van der Waals surface area (Å²) in [5.41, 5.74) is 0.554. The van der Waals surface area contributed by atoms with Gasteiger partial charge in [-0.1, -0.05) is 24.4 Å². The summed E-state index contributed by atoms with van der Waals surface area (Å²) in [7, 11) is 0. The van der Waals surface area contributed by atoms with Crippen LogP contribution in [0, 0.1) is 6.92 Å². The lowest BCUT2D eigenvalue weighted by molar-refractivity contribution is -0.116. The lowest BCUT2D eigenvalue weighted by Gasteiger charge is -2.23. The minimum absolute atomic E-state index is 0.247. The van der Waals surface area contributed by atoms with Gasteiger partial charge in [-0.3, -0.25) is 4.79 Å². The Balaban J connectivity index is 2.50. The summed E-state index contributed by atoms with van der Waals surface area (Å²) >= 11 is 13.6. The second-order valence-corrected chi connectivity index (χ2v) is 5.73. The number of thiophene rings is 1. The van der Waals surface area contributed by atoms with Gasteiger partial charge >= 0.3 is 0 Å². The molecule has 15 heavy (non-hydrogen) atoms. The molecule has 1 heterocycles. The van der Waals surface area contributed by atoms with Gasteiger partial charge in [-0.25, -0.2) is 0 Å². The van der Waals surface area contributed by atoms with Gasteiger partial charge in [-0.2, -0.15) is 0 Å². The molecule has 1 aromatic heterocycles. The van der Waals surface area contributed by atoms with Gasteiger partial charge in [0.25, 0.3) is 0 Å². The quantitative estimate of drug-likeness (QED) is 0.727. The topological polar surface area (TPSA) is 17.1 Å². The highest BCUT2D eigenvalue weighted by atomic mass is 35.5. The number of rotatable bonds is 2. The molecule has 0 spiro atoms. The molecule has 0 aromatic carbocycles. The van der Waals surface area contributed by atoms with Crippen molar-refractivity contribution in [3.8, 4) is 0 Å². The molecule has 0 unspecified atom stereocenters. The minimum Gasteiger partial charge on any atom is -0.280 e. The van der Waals surface area contributed by atoms with E-state index in [0.717, 1.165) is 41.1 Å². The second kappa shape index (κ2) is 4.08. The highest BCUT2D eigenvalue weighted by Gasteiger charge is 2.44. The standard InChI is InChI=1S/C11H12Cl2OS/c1-7-6-15-9(8(7)12)11(10(13)14)4-2-3-5-11/h6H,2-5H2,1H3. The van der Waals surface area contributed by atoms with E-state index in [1.807, 2.05) is 12.3 Å². The molecule has 0 bridgehead atoms. The molecule has 82 valence electrons. The van der Waals surface area contributed by atoms with Crippen molar-refractivity contribution in [2.45, 2.75) is 38.0 Å². The molecule has 1 aromatic rings. The first-order valence-electron chi connectivity index (χ1n) is 5.02. The van der Waals surface area contributed by atoms with E-state index >= 15 is 0 Å². The van der Waals surface area contributed by atoms with Gasteiger partial charge in [0, 0.05) is 4.88 Å². The average Bonchev–Trinajstić information content (AvgIpc) is 2.77. The third-order valence-corrected chi connectivity index (χ3v) is 5.43. The Bertz CT molecular complexity index is 391. The molecule has 2 rings (SSSR count). The fourth-order valence-corrected chi connectivity index (χ4v) is 4.22. The van der Waals surface area contributed by atoms with Crippen LogP contribution in [0.3, 0.4) is 0 Å². The van der Waals surface area contributed by atoms with Gasteiger partial charge in [-0.15, -0.1) is 11.3 Å². The van der Waals surface area contributed by atoms with Gasteiger partial charge < -0.3 is 0 Å². The molecule has 0 N–H and O–H groups in total. The first kappa shape index (κ1) is 11.4. The van der Waals surface area contributed by atoms with Crippen LogP contribution in [0.15, 0.2) is 5.38 Å². The van der Waals surface area contributed by atoms with Crippen LogP contribution >= 0.6 is 34.5 Å². The predicted octanol–water partition coefficient (Wildman–Crippen LogP) is 4.29. The molecular formula is C11H12Cl2OS. The molecule has 0 saturated heterocycles.